The second-order valence-electron chi connectivity index (χ2n) is 2.84. The van der Waals surface area contributed by atoms with Crippen molar-refractivity contribution in [1.82, 2.24) is 0 Å². The summed E-state index contributed by atoms with van der Waals surface area (Å²) in [6.45, 7) is 2.51. The van der Waals surface area contributed by atoms with Crippen LogP contribution in [0.2, 0.25) is 10.0 Å². The van der Waals surface area contributed by atoms with Crippen LogP contribution in [-0.4, -0.2) is 12.8 Å². The Morgan fingerprint density at radius 2 is 2.13 bits per heavy atom. The molecule has 0 fully saturated rings. The van der Waals surface area contributed by atoms with Crippen LogP contribution >= 0.6 is 23.2 Å². The van der Waals surface area contributed by atoms with E-state index in [1.54, 1.807) is 18.3 Å². The third-order valence-corrected chi connectivity index (χ3v) is 2.23. The zero-order valence-corrected chi connectivity index (χ0v) is 9.94. The number of halogens is 2. The van der Waals surface area contributed by atoms with E-state index < -0.39 is 0 Å². The Labute approximate surface area is 100 Å². The lowest BCUT2D eigenvalue weighted by molar-refractivity contribution is 1.25. The maximum absolute atomic E-state index is 5.96. The van der Waals surface area contributed by atoms with Gasteiger partial charge in [-0.05, 0) is 12.1 Å². The molecule has 0 bridgehead atoms. The normalized spacial score (nSPS) is 10.1. The Hall–Kier alpha value is -0.970. The van der Waals surface area contributed by atoms with Gasteiger partial charge in [-0.2, -0.15) is 0 Å². The molecule has 0 aliphatic heterocycles. The van der Waals surface area contributed by atoms with Crippen LogP contribution in [-0.2, 0) is 0 Å². The monoisotopic (exact) mass is 239 g/mol. The number of nitrogens with zero attached hydrogens (tertiary/aromatic N) is 1. The topological polar surface area (TPSA) is 12.4 Å². The average Bonchev–Trinajstić information content (AvgIpc) is 2.20. The van der Waals surface area contributed by atoms with Gasteiger partial charge in [-0.25, -0.2) is 0 Å². The van der Waals surface area contributed by atoms with Gasteiger partial charge in [-0.1, -0.05) is 42.1 Å². The number of aliphatic imine (C=N–C) groups is 1. The van der Waals surface area contributed by atoms with E-state index in [2.05, 4.69) is 16.8 Å². The summed E-state index contributed by atoms with van der Waals surface area (Å²) < 4.78 is 0. The maximum Gasteiger partial charge on any atom is 0.0997 e. The third-order valence-electron chi connectivity index (χ3n) is 1.66. The molecule has 0 radical (unpaired) electrons. The van der Waals surface area contributed by atoms with Gasteiger partial charge in [0.15, 0.2) is 0 Å². The van der Waals surface area contributed by atoms with Crippen molar-refractivity contribution in [3.05, 3.63) is 33.8 Å². The van der Waals surface area contributed by atoms with E-state index in [-0.39, 0.29) is 0 Å². The van der Waals surface area contributed by atoms with Crippen LogP contribution in [0.4, 0.5) is 0 Å². The number of hydrogen-bond acceptors (Lipinski definition) is 1. The molecule has 0 aromatic heterocycles. The summed E-state index contributed by atoms with van der Waals surface area (Å²) in [6, 6.07) is 5.32. The summed E-state index contributed by atoms with van der Waals surface area (Å²) in [7, 11) is 0. The largest absolute Gasteiger partial charge is 0.280 e. The molecule has 0 aliphatic carbocycles. The Morgan fingerprint density at radius 3 is 2.80 bits per heavy atom. The predicted molar refractivity (Wildman–Crippen MR) is 67.0 cm³/mol. The fourth-order valence-corrected chi connectivity index (χ4v) is 1.43. The minimum atomic E-state index is 0.507. The average molecular weight is 240 g/mol. The molecule has 15 heavy (non-hydrogen) atoms. The molecule has 1 nitrogen and oxygen atoms in total. The van der Waals surface area contributed by atoms with E-state index in [0.29, 0.717) is 16.6 Å². The standard InChI is InChI=1S/C12H11Cl2N/c1-2-3-4-7-15-9-10-5-6-11(13)8-12(10)14/h5-6,8-9H,2,7H2,1H3/b15-9+. The highest BCUT2D eigenvalue weighted by Crippen LogP contribution is 2.19. The van der Waals surface area contributed by atoms with Crippen molar-refractivity contribution in [2.24, 2.45) is 4.99 Å². The lowest BCUT2D eigenvalue weighted by Crippen LogP contribution is -1.84. The molecule has 0 atom stereocenters. The third kappa shape index (κ3) is 4.38. The molecule has 3 heteroatoms. The second-order valence-corrected chi connectivity index (χ2v) is 3.69. The molecule has 78 valence electrons. The molecule has 0 N–H and O–H groups in total. The molecule has 0 unspecified atom stereocenters. The van der Waals surface area contributed by atoms with Crippen molar-refractivity contribution >= 4 is 29.4 Å². The smallest absolute Gasteiger partial charge is 0.0997 e. The Kier molecular flexibility index (Phi) is 5.25. The minimum absolute atomic E-state index is 0.507. The fourth-order valence-electron chi connectivity index (χ4n) is 0.977. The first-order valence-corrected chi connectivity index (χ1v) is 5.40. The number of rotatable bonds is 2. The van der Waals surface area contributed by atoms with E-state index in [9.17, 15) is 0 Å². The molecular weight excluding hydrogens is 229 g/mol. The molecule has 0 amide bonds. The molecule has 0 heterocycles. The first kappa shape index (κ1) is 12.1. The maximum atomic E-state index is 5.96. The van der Waals surface area contributed by atoms with Crippen LogP contribution in [0.25, 0.3) is 0 Å². The lowest BCUT2D eigenvalue weighted by atomic mass is 10.2. The summed E-state index contributed by atoms with van der Waals surface area (Å²) in [5.74, 6) is 5.86. The first-order valence-electron chi connectivity index (χ1n) is 4.64. The minimum Gasteiger partial charge on any atom is -0.280 e. The van der Waals surface area contributed by atoms with Crippen LogP contribution in [0.1, 0.15) is 18.9 Å². The van der Waals surface area contributed by atoms with Gasteiger partial charge in [-0.15, -0.1) is 5.92 Å². The Morgan fingerprint density at radius 1 is 1.33 bits per heavy atom. The highest BCUT2D eigenvalue weighted by atomic mass is 35.5. The molecule has 0 saturated carbocycles. The number of benzene rings is 1. The molecular formula is C12H11Cl2N. The van der Waals surface area contributed by atoms with E-state index in [0.717, 1.165) is 12.0 Å². The Bertz CT molecular complexity index is 413. The molecule has 0 spiro atoms. The summed E-state index contributed by atoms with van der Waals surface area (Å²) in [5, 5.41) is 1.23. The summed E-state index contributed by atoms with van der Waals surface area (Å²) in [4.78, 5) is 4.14. The zero-order valence-electron chi connectivity index (χ0n) is 8.43. The highest BCUT2D eigenvalue weighted by Gasteiger charge is 1.96. The van der Waals surface area contributed by atoms with Crippen molar-refractivity contribution < 1.29 is 0 Å². The van der Waals surface area contributed by atoms with Crippen LogP contribution < -0.4 is 0 Å². The van der Waals surface area contributed by atoms with Gasteiger partial charge in [0.1, 0.15) is 0 Å². The van der Waals surface area contributed by atoms with Gasteiger partial charge in [0, 0.05) is 23.2 Å². The van der Waals surface area contributed by atoms with Gasteiger partial charge in [0.25, 0.3) is 0 Å². The molecule has 1 aromatic rings. The van der Waals surface area contributed by atoms with Crippen molar-refractivity contribution in [1.29, 1.82) is 0 Å². The fraction of sp³-hybridized carbons (Fsp3) is 0.250. The number of hydrogen-bond donors (Lipinski definition) is 0. The van der Waals surface area contributed by atoms with Crippen molar-refractivity contribution in [2.75, 3.05) is 6.54 Å². The van der Waals surface area contributed by atoms with Crippen LogP contribution in [0.3, 0.4) is 0 Å². The highest BCUT2D eigenvalue weighted by molar-refractivity contribution is 6.36. The molecule has 1 aromatic carbocycles. The lowest BCUT2D eigenvalue weighted by Gasteiger charge is -1.96. The molecule has 0 saturated heterocycles. The van der Waals surface area contributed by atoms with Crippen molar-refractivity contribution in [2.45, 2.75) is 13.3 Å². The SMILES string of the molecule is CCC#CC/N=C/c1ccc(Cl)cc1Cl. The summed E-state index contributed by atoms with van der Waals surface area (Å²) in [6.07, 6.45) is 2.57. The van der Waals surface area contributed by atoms with Crippen molar-refractivity contribution in [3.8, 4) is 11.8 Å². The van der Waals surface area contributed by atoms with Gasteiger partial charge < -0.3 is 0 Å². The summed E-state index contributed by atoms with van der Waals surface area (Å²) in [5.41, 5.74) is 0.861. The van der Waals surface area contributed by atoms with Crippen LogP contribution in [0.15, 0.2) is 23.2 Å². The van der Waals surface area contributed by atoms with E-state index >= 15 is 0 Å². The van der Waals surface area contributed by atoms with Gasteiger partial charge in [-0.3, -0.25) is 4.99 Å². The van der Waals surface area contributed by atoms with Crippen LogP contribution in [0, 0.1) is 11.8 Å². The molecule has 1 rings (SSSR count). The summed E-state index contributed by atoms with van der Waals surface area (Å²) >= 11 is 11.7. The predicted octanol–water partition coefficient (Wildman–Crippen LogP) is 3.83. The van der Waals surface area contributed by atoms with Gasteiger partial charge in [0.05, 0.1) is 11.6 Å². The quantitative estimate of drug-likeness (QED) is 0.550. The second kappa shape index (κ2) is 6.50. The first-order chi connectivity index (χ1) is 7.24. The Balaban J connectivity index is 2.64. The van der Waals surface area contributed by atoms with E-state index in [1.165, 1.54) is 0 Å². The van der Waals surface area contributed by atoms with Crippen molar-refractivity contribution in [3.63, 3.8) is 0 Å². The van der Waals surface area contributed by atoms with Gasteiger partial charge in [0.2, 0.25) is 0 Å². The van der Waals surface area contributed by atoms with Gasteiger partial charge >= 0.3 is 0 Å². The van der Waals surface area contributed by atoms with E-state index in [1.807, 2.05) is 13.0 Å². The van der Waals surface area contributed by atoms with Crippen LogP contribution in [0.5, 0.6) is 0 Å². The zero-order chi connectivity index (χ0) is 11.1. The van der Waals surface area contributed by atoms with E-state index in [4.69, 9.17) is 23.2 Å². The molecule has 0 aliphatic rings.